The van der Waals surface area contributed by atoms with Crippen LogP contribution in [0.1, 0.15) is 36.7 Å². The van der Waals surface area contributed by atoms with Crippen LogP contribution in [-0.2, 0) is 0 Å². The molecule has 0 atom stereocenters. The summed E-state index contributed by atoms with van der Waals surface area (Å²) in [5.41, 5.74) is 1.35. The van der Waals surface area contributed by atoms with E-state index in [0.29, 0.717) is 12.1 Å². The molecule has 0 aliphatic carbocycles. The summed E-state index contributed by atoms with van der Waals surface area (Å²) in [6.45, 7) is 2.08. The number of hydrogen-bond acceptors (Lipinski definition) is 3. The second-order valence-corrected chi connectivity index (χ2v) is 4.55. The lowest BCUT2D eigenvalue weighted by atomic mass is 10.1. The molecule has 0 spiro atoms. The van der Waals surface area contributed by atoms with Crippen LogP contribution >= 0.6 is 12.6 Å². The molecule has 0 saturated carbocycles. The van der Waals surface area contributed by atoms with Crippen LogP contribution in [0.25, 0.3) is 10.9 Å². The number of unbranched alkanes of at least 4 members (excludes halogenated alkanes) is 1. The van der Waals surface area contributed by atoms with Crippen molar-refractivity contribution < 1.29 is 4.79 Å². The maximum absolute atomic E-state index is 11.9. The van der Waals surface area contributed by atoms with E-state index in [4.69, 9.17) is 0 Å². The number of para-hydroxylation sites is 1. The average Bonchev–Trinajstić information content (AvgIpc) is 2.36. The minimum atomic E-state index is 0.116. The lowest BCUT2D eigenvalue weighted by Crippen LogP contribution is -2.02. The Balaban J connectivity index is 2.37. The van der Waals surface area contributed by atoms with E-state index in [-0.39, 0.29) is 5.78 Å². The Morgan fingerprint density at radius 1 is 1.29 bits per heavy atom. The Labute approximate surface area is 106 Å². The number of fused-ring (bicyclic) bond motifs is 1. The molecule has 0 amide bonds. The van der Waals surface area contributed by atoms with Crippen molar-refractivity contribution in [3.8, 4) is 0 Å². The first-order valence-electron chi connectivity index (χ1n) is 5.84. The van der Waals surface area contributed by atoms with Crippen molar-refractivity contribution in [3.63, 3.8) is 0 Å². The van der Waals surface area contributed by atoms with Crippen LogP contribution < -0.4 is 0 Å². The number of carbonyl (C=O) groups excluding carboxylic acids is 1. The summed E-state index contributed by atoms with van der Waals surface area (Å²) in [6.07, 6.45) is 2.52. The van der Waals surface area contributed by atoms with Crippen LogP contribution in [0.15, 0.2) is 35.2 Å². The van der Waals surface area contributed by atoms with E-state index in [2.05, 4.69) is 24.5 Å². The van der Waals surface area contributed by atoms with Crippen molar-refractivity contribution in [2.24, 2.45) is 0 Å². The molecule has 88 valence electrons. The third-order valence-electron chi connectivity index (χ3n) is 2.74. The Kier molecular flexibility index (Phi) is 3.79. The molecule has 1 aromatic heterocycles. The lowest BCUT2D eigenvalue weighted by Gasteiger charge is -2.03. The van der Waals surface area contributed by atoms with Crippen LogP contribution in [0.5, 0.6) is 0 Å². The largest absolute Gasteiger partial charge is 0.292 e. The second kappa shape index (κ2) is 5.32. The Morgan fingerprint density at radius 3 is 2.88 bits per heavy atom. The first-order valence-corrected chi connectivity index (χ1v) is 6.29. The predicted molar refractivity (Wildman–Crippen MR) is 72.9 cm³/mol. The number of ketones is 1. The summed E-state index contributed by atoms with van der Waals surface area (Å²) >= 11 is 4.36. The number of hydrogen-bond donors (Lipinski definition) is 1. The van der Waals surface area contributed by atoms with Gasteiger partial charge in [-0.15, -0.1) is 12.6 Å². The summed E-state index contributed by atoms with van der Waals surface area (Å²) in [6, 6.07) is 9.53. The van der Waals surface area contributed by atoms with Crippen molar-refractivity contribution in [1.82, 2.24) is 4.98 Å². The summed E-state index contributed by atoms with van der Waals surface area (Å²) < 4.78 is 0. The number of pyridine rings is 1. The Bertz CT molecular complexity index is 551. The van der Waals surface area contributed by atoms with Gasteiger partial charge in [0.1, 0.15) is 5.69 Å². The van der Waals surface area contributed by atoms with Crippen molar-refractivity contribution >= 4 is 29.3 Å². The fraction of sp³-hybridized carbons (Fsp3) is 0.286. The van der Waals surface area contributed by atoms with Gasteiger partial charge in [-0.1, -0.05) is 31.5 Å². The topological polar surface area (TPSA) is 30.0 Å². The van der Waals surface area contributed by atoms with Crippen LogP contribution in [0.3, 0.4) is 0 Å². The third kappa shape index (κ3) is 2.67. The highest BCUT2D eigenvalue weighted by molar-refractivity contribution is 7.80. The lowest BCUT2D eigenvalue weighted by molar-refractivity contribution is 0.0975. The molecule has 0 aliphatic rings. The average molecular weight is 245 g/mol. The number of thiol groups is 1. The van der Waals surface area contributed by atoms with E-state index >= 15 is 0 Å². The quantitative estimate of drug-likeness (QED) is 0.654. The number of nitrogens with zero attached hydrogens (tertiary/aromatic N) is 1. The standard InChI is InChI=1S/C14H15NOS/c1-2-3-6-12(16)11-9-8-10-5-4-7-13(17)14(10)15-11/h4-5,7-9,17H,2-3,6H2,1H3. The smallest absolute Gasteiger partial charge is 0.181 e. The molecule has 17 heavy (non-hydrogen) atoms. The molecule has 0 unspecified atom stereocenters. The van der Waals surface area contributed by atoms with E-state index in [1.165, 1.54) is 0 Å². The first kappa shape index (κ1) is 12.1. The summed E-state index contributed by atoms with van der Waals surface area (Å²) in [5, 5.41) is 1.02. The summed E-state index contributed by atoms with van der Waals surface area (Å²) in [4.78, 5) is 17.1. The van der Waals surface area contributed by atoms with Crippen LogP contribution in [-0.4, -0.2) is 10.8 Å². The van der Waals surface area contributed by atoms with Gasteiger partial charge >= 0.3 is 0 Å². The van der Waals surface area contributed by atoms with E-state index in [0.717, 1.165) is 28.6 Å². The number of carbonyl (C=O) groups is 1. The number of Topliss-reactive ketones (excluding diaryl/α,β-unsaturated/α-hetero) is 1. The maximum Gasteiger partial charge on any atom is 0.181 e. The van der Waals surface area contributed by atoms with Crippen LogP contribution in [0, 0.1) is 0 Å². The van der Waals surface area contributed by atoms with E-state index in [9.17, 15) is 4.79 Å². The van der Waals surface area contributed by atoms with E-state index in [1.54, 1.807) is 6.07 Å². The normalized spacial score (nSPS) is 10.7. The summed E-state index contributed by atoms with van der Waals surface area (Å²) in [5.74, 6) is 0.116. The van der Waals surface area contributed by atoms with Crippen LogP contribution in [0.2, 0.25) is 0 Å². The third-order valence-corrected chi connectivity index (χ3v) is 3.10. The van der Waals surface area contributed by atoms with Crippen molar-refractivity contribution in [1.29, 1.82) is 0 Å². The van der Waals surface area contributed by atoms with Crippen molar-refractivity contribution in [2.45, 2.75) is 31.1 Å². The number of benzene rings is 1. The number of aromatic nitrogens is 1. The van der Waals surface area contributed by atoms with Gasteiger partial charge in [0.25, 0.3) is 0 Å². The van der Waals surface area contributed by atoms with Gasteiger partial charge in [0.15, 0.2) is 5.78 Å². The molecule has 0 bridgehead atoms. The van der Waals surface area contributed by atoms with E-state index in [1.807, 2.05) is 24.3 Å². The molecule has 2 rings (SSSR count). The van der Waals surface area contributed by atoms with Gasteiger partial charge < -0.3 is 0 Å². The van der Waals surface area contributed by atoms with Gasteiger partial charge in [0.05, 0.1) is 5.52 Å². The first-order chi connectivity index (χ1) is 8.22. The highest BCUT2D eigenvalue weighted by Gasteiger charge is 2.08. The van der Waals surface area contributed by atoms with Gasteiger partial charge in [-0.2, -0.15) is 0 Å². The minimum absolute atomic E-state index is 0.116. The zero-order valence-electron chi connectivity index (χ0n) is 9.81. The SMILES string of the molecule is CCCCC(=O)c1ccc2cccc(S)c2n1. The minimum Gasteiger partial charge on any atom is -0.292 e. The summed E-state index contributed by atoms with van der Waals surface area (Å²) in [7, 11) is 0. The van der Waals surface area contributed by atoms with E-state index < -0.39 is 0 Å². The monoisotopic (exact) mass is 245 g/mol. The highest BCUT2D eigenvalue weighted by Crippen LogP contribution is 2.20. The molecule has 2 nitrogen and oxygen atoms in total. The van der Waals surface area contributed by atoms with Crippen molar-refractivity contribution in [3.05, 3.63) is 36.0 Å². The molecule has 2 aromatic rings. The molecular weight excluding hydrogens is 230 g/mol. The molecule has 1 heterocycles. The maximum atomic E-state index is 11.9. The predicted octanol–water partition coefficient (Wildman–Crippen LogP) is 3.90. The molecule has 0 saturated heterocycles. The highest BCUT2D eigenvalue weighted by atomic mass is 32.1. The molecule has 1 aromatic carbocycles. The zero-order chi connectivity index (χ0) is 12.3. The molecular formula is C14H15NOS. The molecule has 3 heteroatoms. The van der Waals surface area contributed by atoms with Gasteiger partial charge in [0.2, 0.25) is 0 Å². The molecule has 0 fully saturated rings. The zero-order valence-corrected chi connectivity index (χ0v) is 10.7. The fourth-order valence-electron chi connectivity index (χ4n) is 1.75. The van der Waals surface area contributed by atoms with Gasteiger partial charge in [-0.05, 0) is 18.6 Å². The molecule has 0 N–H and O–H groups in total. The molecule has 0 aliphatic heterocycles. The molecule has 0 radical (unpaired) electrons. The van der Waals surface area contributed by atoms with Gasteiger partial charge in [-0.25, -0.2) is 4.98 Å². The van der Waals surface area contributed by atoms with Gasteiger partial charge in [0, 0.05) is 16.7 Å². The number of rotatable bonds is 4. The van der Waals surface area contributed by atoms with Crippen LogP contribution in [0.4, 0.5) is 0 Å². The Hall–Kier alpha value is -1.35. The Morgan fingerprint density at radius 2 is 2.12 bits per heavy atom. The second-order valence-electron chi connectivity index (χ2n) is 4.07. The van der Waals surface area contributed by atoms with Crippen molar-refractivity contribution in [2.75, 3.05) is 0 Å². The fourth-order valence-corrected chi connectivity index (χ4v) is 2.02. The van der Waals surface area contributed by atoms with Gasteiger partial charge in [-0.3, -0.25) is 4.79 Å².